The van der Waals surface area contributed by atoms with Crippen LogP contribution in [0.4, 0.5) is 13.2 Å². The van der Waals surface area contributed by atoms with Crippen LogP contribution in [-0.4, -0.2) is 15.2 Å². The van der Waals surface area contributed by atoms with E-state index in [9.17, 15) is 18.3 Å². The molecule has 0 aromatic carbocycles. The summed E-state index contributed by atoms with van der Waals surface area (Å²) in [5.74, 6) is 0. The first-order chi connectivity index (χ1) is 7.70. The Labute approximate surface area is 105 Å². The van der Waals surface area contributed by atoms with Gasteiger partial charge in [0.1, 0.15) is 10.3 Å². The SMILES string of the molecule is CC(O)c1c(Cl)nc(Cl)c(CO)c1C(F)(F)F. The van der Waals surface area contributed by atoms with Crippen molar-refractivity contribution in [2.45, 2.75) is 25.8 Å². The number of pyridine rings is 1. The highest BCUT2D eigenvalue weighted by atomic mass is 35.5. The molecule has 96 valence electrons. The first kappa shape index (κ1) is 14.5. The van der Waals surface area contributed by atoms with Crippen LogP contribution in [0.1, 0.15) is 29.7 Å². The fourth-order valence-electron chi connectivity index (χ4n) is 1.43. The number of aromatic nitrogens is 1. The zero-order valence-corrected chi connectivity index (χ0v) is 10.0. The Morgan fingerprint density at radius 2 is 1.82 bits per heavy atom. The van der Waals surface area contributed by atoms with Gasteiger partial charge in [-0.15, -0.1) is 0 Å². The van der Waals surface area contributed by atoms with Crippen molar-refractivity contribution in [3.8, 4) is 0 Å². The van der Waals surface area contributed by atoms with Crippen LogP contribution in [-0.2, 0) is 12.8 Å². The average Bonchev–Trinajstić information content (AvgIpc) is 2.14. The number of halogens is 5. The predicted octanol–water partition coefficient (Wildman–Crippen LogP) is 2.95. The Hall–Kier alpha value is -0.560. The lowest BCUT2D eigenvalue weighted by Gasteiger charge is -2.19. The molecular formula is C9H8Cl2F3NO2. The minimum atomic E-state index is -4.79. The molecule has 3 nitrogen and oxygen atoms in total. The Kier molecular flexibility index (Phi) is 4.24. The van der Waals surface area contributed by atoms with E-state index in [4.69, 9.17) is 28.3 Å². The zero-order valence-electron chi connectivity index (χ0n) is 8.52. The minimum absolute atomic E-state index is 0.533. The van der Waals surface area contributed by atoms with Gasteiger partial charge in [-0.3, -0.25) is 0 Å². The summed E-state index contributed by atoms with van der Waals surface area (Å²) in [5, 5.41) is 17.2. The predicted molar refractivity (Wildman–Crippen MR) is 55.8 cm³/mol. The van der Waals surface area contributed by atoms with Gasteiger partial charge in [-0.2, -0.15) is 13.2 Å². The monoisotopic (exact) mass is 289 g/mol. The third-order valence-corrected chi connectivity index (χ3v) is 2.70. The molecule has 8 heteroatoms. The standard InChI is InChI=1S/C9H8Cl2F3NO2/c1-3(17)5-6(9(12,13)14)4(2-16)7(10)15-8(5)11/h3,16-17H,2H2,1H3. The highest BCUT2D eigenvalue weighted by Gasteiger charge is 2.39. The van der Waals surface area contributed by atoms with Crippen LogP contribution >= 0.6 is 23.2 Å². The normalized spacial score (nSPS) is 13.9. The van der Waals surface area contributed by atoms with E-state index in [0.29, 0.717) is 0 Å². The van der Waals surface area contributed by atoms with Crippen LogP contribution < -0.4 is 0 Å². The molecule has 2 N–H and O–H groups in total. The van der Waals surface area contributed by atoms with Gasteiger partial charge in [-0.05, 0) is 6.92 Å². The van der Waals surface area contributed by atoms with Gasteiger partial charge < -0.3 is 10.2 Å². The van der Waals surface area contributed by atoms with Gasteiger partial charge in [0.15, 0.2) is 0 Å². The Balaban J connectivity index is 3.70. The van der Waals surface area contributed by atoms with Crippen molar-refractivity contribution in [2.24, 2.45) is 0 Å². The fraction of sp³-hybridized carbons (Fsp3) is 0.444. The highest BCUT2D eigenvalue weighted by Crippen LogP contribution is 2.41. The van der Waals surface area contributed by atoms with Crippen LogP contribution in [0.25, 0.3) is 0 Å². The summed E-state index contributed by atoms with van der Waals surface area (Å²) in [7, 11) is 0. The Morgan fingerprint density at radius 1 is 1.29 bits per heavy atom. The number of hydrogen-bond donors (Lipinski definition) is 2. The molecule has 0 saturated heterocycles. The van der Waals surface area contributed by atoms with Crippen molar-refractivity contribution in [2.75, 3.05) is 0 Å². The topological polar surface area (TPSA) is 53.4 Å². The third-order valence-electron chi connectivity index (χ3n) is 2.10. The maximum absolute atomic E-state index is 12.8. The molecule has 0 saturated carbocycles. The highest BCUT2D eigenvalue weighted by molar-refractivity contribution is 6.33. The molecule has 1 aromatic heterocycles. The molecule has 0 fully saturated rings. The fourth-order valence-corrected chi connectivity index (χ4v) is 2.05. The van der Waals surface area contributed by atoms with Crippen molar-refractivity contribution < 1.29 is 23.4 Å². The van der Waals surface area contributed by atoms with Crippen LogP contribution in [0, 0.1) is 0 Å². The van der Waals surface area contributed by atoms with Crippen molar-refractivity contribution in [3.63, 3.8) is 0 Å². The maximum atomic E-state index is 12.8. The van der Waals surface area contributed by atoms with Crippen LogP contribution in [0.3, 0.4) is 0 Å². The quantitative estimate of drug-likeness (QED) is 0.823. The summed E-state index contributed by atoms with van der Waals surface area (Å²) in [6.07, 6.45) is -6.27. The minimum Gasteiger partial charge on any atom is -0.392 e. The van der Waals surface area contributed by atoms with Crippen molar-refractivity contribution in [3.05, 3.63) is 27.0 Å². The maximum Gasteiger partial charge on any atom is 0.417 e. The molecule has 17 heavy (non-hydrogen) atoms. The average molecular weight is 290 g/mol. The van der Waals surface area contributed by atoms with E-state index in [1.54, 1.807) is 0 Å². The molecule has 1 heterocycles. The molecule has 0 aliphatic carbocycles. The van der Waals surface area contributed by atoms with Crippen LogP contribution in [0.2, 0.25) is 10.3 Å². The molecule has 1 atom stereocenters. The Bertz CT molecular complexity index is 435. The van der Waals surface area contributed by atoms with Gasteiger partial charge in [0.25, 0.3) is 0 Å². The van der Waals surface area contributed by atoms with Crippen molar-refractivity contribution in [1.29, 1.82) is 0 Å². The summed E-state index contributed by atoms with van der Waals surface area (Å²) in [6.45, 7) is 0.171. The molecule has 0 aliphatic rings. The second-order valence-electron chi connectivity index (χ2n) is 3.29. The van der Waals surface area contributed by atoms with E-state index in [0.717, 1.165) is 6.92 Å². The second kappa shape index (κ2) is 4.97. The smallest absolute Gasteiger partial charge is 0.392 e. The van der Waals surface area contributed by atoms with Gasteiger partial charge in [0, 0.05) is 11.1 Å². The molecule has 0 amide bonds. The summed E-state index contributed by atoms with van der Waals surface area (Å²) < 4.78 is 38.5. The third kappa shape index (κ3) is 2.82. The molecule has 0 radical (unpaired) electrons. The number of rotatable bonds is 2. The van der Waals surface area contributed by atoms with Gasteiger partial charge in [0.2, 0.25) is 0 Å². The van der Waals surface area contributed by atoms with Crippen molar-refractivity contribution in [1.82, 2.24) is 4.98 Å². The largest absolute Gasteiger partial charge is 0.417 e. The van der Waals surface area contributed by atoms with E-state index in [-0.39, 0.29) is 0 Å². The van der Waals surface area contributed by atoms with Gasteiger partial charge in [-0.1, -0.05) is 23.2 Å². The lowest BCUT2D eigenvalue weighted by Crippen LogP contribution is -2.17. The van der Waals surface area contributed by atoms with E-state index in [2.05, 4.69) is 4.98 Å². The second-order valence-corrected chi connectivity index (χ2v) is 4.01. The molecule has 1 unspecified atom stereocenters. The van der Waals surface area contributed by atoms with Crippen molar-refractivity contribution >= 4 is 23.2 Å². The van der Waals surface area contributed by atoms with E-state index < -0.39 is 45.9 Å². The summed E-state index contributed by atoms with van der Waals surface area (Å²) in [5.41, 5.74) is -2.42. The van der Waals surface area contributed by atoms with Crippen LogP contribution in [0.5, 0.6) is 0 Å². The lowest BCUT2D eigenvalue weighted by atomic mass is 10.0. The summed E-state index contributed by atoms with van der Waals surface area (Å²) in [4.78, 5) is 3.45. The zero-order chi connectivity index (χ0) is 13.4. The number of alkyl halides is 3. The number of hydrogen-bond acceptors (Lipinski definition) is 3. The number of aliphatic hydroxyl groups is 2. The number of nitrogens with zero attached hydrogens (tertiary/aromatic N) is 1. The van der Waals surface area contributed by atoms with Gasteiger partial charge >= 0.3 is 6.18 Å². The molecule has 1 aromatic rings. The lowest BCUT2D eigenvalue weighted by molar-refractivity contribution is -0.140. The van der Waals surface area contributed by atoms with Gasteiger partial charge in [-0.25, -0.2) is 4.98 Å². The molecule has 0 bridgehead atoms. The van der Waals surface area contributed by atoms with Gasteiger partial charge in [0.05, 0.1) is 18.3 Å². The summed E-state index contributed by atoms with van der Waals surface area (Å²) in [6, 6.07) is 0. The van der Waals surface area contributed by atoms with E-state index in [1.165, 1.54) is 0 Å². The molecule has 0 spiro atoms. The first-order valence-electron chi connectivity index (χ1n) is 4.44. The molecular weight excluding hydrogens is 282 g/mol. The first-order valence-corrected chi connectivity index (χ1v) is 5.19. The molecule has 1 rings (SSSR count). The summed E-state index contributed by atoms with van der Waals surface area (Å²) >= 11 is 11.0. The van der Waals surface area contributed by atoms with E-state index >= 15 is 0 Å². The molecule has 0 aliphatic heterocycles. The Morgan fingerprint density at radius 3 is 2.18 bits per heavy atom. The van der Waals surface area contributed by atoms with E-state index in [1.807, 2.05) is 0 Å². The van der Waals surface area contributed by atoms with Crippen LogP contribution in [0.15, 0.2) is 0 Å². The number of aliphatic hydroxyl groups excluding tert-OH is 2.